The Morgan fingerprint density at radius 2 is 1.56 bits per heavy atom. The number of nitrogens with zero attached hydrogens (tertiary/aromatic N) is 1. The summed E-state index contributed by atoms with van der Waals surface area (Å²) in [4.78, 5) is 38.9. The van der Waals surface area contributed by atoms with E-state index in [2.05, 4.69) is 0 Å². The largest absolute Gasteiger partial charge is 0.480 e. The van der Waals surface area contributed by atoms with Gasteiger partial charge in [0.25, 0.3) is 10.0 Å². The molecule has 2 heterocycles. The van der Waals surface area contributed by atoms with Crippen LogP contribution in [0.5, 0.6) is 5.75 Å². The van der Waals surface area contributed by atoms with Crippen molar-refractivity contribution in [1.82, 2.24) is 4.31 Å². The SMILES string of the molecule is COC(=O)C1=C(C(=O)OC)N(S(=O)(=O)c2ccc(C)cc2)C=C2C(=O)c3cc(C)ccc3OC21. The van der Waals surface area contributed by atoms with E-state index in [-0.39, 0.29) is 21.8 Å². The highest BCUT2D eigenvalue weighted by Crippen LogP contribution is 2.40. The molecule has 0 aromatic heterocycles. The van der Waals surface area contributed by atoms with Gasteiger partial charge in [0, 0.05) is 6.20 Å². The fraction of sp³-hybridized carbons (Fsp3) is 0.208. The summed E-state index contributed by atoms with van der Waals surface area (Å²) in [5.74, 6) is -2.50. The van der Waals surface area contributed by atoms with Crippen molar-refractivity contribution in [1.29, 1.82) is 0 Å². The number of sulfonamides is 1. The van der Waals surface area contributed by atoms with Gasteiger partial charge in [0.2, 0.25) is 0 Å². The Morgan fingerprint density at radius 3 is 2.18 bits per heavy atom. The van der Waals surface area contributed by atoms with E-state index in [1.165, 1.54) is 12.1 Å². The number of Topliss-reactive ketones (excluding diaryl/α,β-unsaturated/α-hetero) is 1. The minimum absolute atomic E-state index is 0.137. The molecule has 0 aliphatic carbocycles. The molecule has 4 rings (SSSR count). The lowest BCUT2D eigenvalue weighted by Gasteiger charge is -2.36. The Hall–Kier alpha value is -3.92. The van der Waals surface area contributed by atoms with E-state index in [1.807, 2.05) is 0 Å². The zero-order valence-electron chi connectivity index (χ0n) is 18.8. The summed E-state index contributed by atoms with van der Waals surface area (Å²) < 4.78 is 43.4. The van der Waals surface area contributed by atoms with Crippen LogP contribution in [-0.4, -0.2) is 50.8 Å². The average molecular weight is 483 g/mol. The lowest BCUT2D eigenvalue weighted by atomic mass is 9.88. The zero-order chi connectivity index (χ0) is 24.8. The maximum atomic E-state index is 13.6. The van der Waals surface area contributed by atoms with Gasteiger partial charge in [0.05, 0.1) is 30.3 Å². The summed E-state index contributed by atoms with van der Waals surface area (Å²) in [6, 6.07) is 10.8. The summed E-state index contributed by atoms with van der Waals surface area (Å²) in [5, 5.41) is 0. The number of carbonyl (C=O) groups excluding carboxylic acids is 3. The summed E-state index contributed by atoms with van der Waals surface area (Å²) >= 11 is 0. The van der Waals surface area contributed by atoms with Gasteiger partial charge in [-0.3, -0.25) is 4.79 Å². The standard InChI is InChI=1S/C24H21NO8S/c1-13-5-8-15(9-6-13)34(29,30)25-12-17-21(26)16-11-14(2)7-10-18(16)33-22(17)19(23(27)31-3)20(25)24(28)32-4/h5-12,22H,1-4H3. The molecule has 0 bridgehead atoms. The van der Waals surface area contributed by atoms with Crippen molar-refractivity contribution in [2.75, 3.05) is 14.2 Å². The maximum Gasteiger partial charge on any atom is 0.356 e. The highest BCUT2D eigenvalue weighted by Gasteiger charge is 2.48. The average Bonchev–Trinajstić information content (AvgIpc) is 2.82. The molecule has 10 heteroatoms. The van der Waals surface area contributed by atoms with Gasteiger partial charge in [-0.1, -0.05) is 29.3 Å². The van der Waals surface area contributed by atoms with Crippen molar-refractivity contribution in [3.63, 3.8) is 0 Å². The van der Waals surface area contributed by atoms with Crippen LogP contribution in [0.15, 0.2) is 70.4 Å². The number of hydrogen-bond donors (Lipinski definition) is 0. The molecule has 1 unspecified atom stereocenters. The molecule has 2 aliphatic rings. The molecule has 2 aromatic rings. The van der Waals surface area contributed by atoms with Crippen LogP contribution in [0.4, 0.5) is 0 Å². The predicted octanol–water partition coefficient (Wildman–Crippen LogP) is 2.44. The smallest absolute Gasteiger partial charge is 0.356 e. The number of methoxy groups -OCH3 is 2. The van der Waals surface area contributed by atoms with E-state index >= 15 is 0 Å². The molecule has 2 aliphatic heterocycles. The number of benzene rings is 2. The van der Waals surface area contributed by atoms with Gasteiger partial charge < -0.3 is 14.2 Å². The van der Waals surface area contributed by atoms with Gasteiger partial charge in [0.1, 0.15) is 11.3 Å². The molecular weight excluding hydrogens is 462 g/mol. The first kappa shape index (κ1) is 23.2. The van der Waals surface area contributed by atoms with Crippen LogP contribution < -0.4 is 4.74 Å². The Labute approximate surface area is 196 Å². The van der Waals surface area contributed by atoms with E-state index in [0.29, 0.717) is 4.31 Å². The summed E-state index contributed by atoms with van der Waals surface area (Å²) in [7, 11) is -2.32. The minimum Gasteiger partial charge on any atom is -0.480 e. The maximum absolute atomic E-state index is 13.6. The monoisotopic (exact) mass is 483 g/mol. The second-order valence-electron chi connectivity index (χ2n) is 7.77. The van der Waals surface area contributed by atoms with E-state index in [0.717, 1.165) is 31.5 Å². The Kier molecular flexibility index (Phi) is 5.78. The van der Waals surface area contributed by atoms with Crippen LogP contribution in [0.2, 0.25) is 0 Å². The Morgan fingerprint density at radius 1 is 0.941 bits per heavy atom. The van der Waals surface area contributed by atoms with Gasteiger partial charge in [0.15, 0.2) is 17.6 Å². The third-order valence-electron chi connectivity index (χ3n) is 5.53. The number of ketones is 1. The van der Waals surface area contributed by atoms with Crippen molar-refractivity contribution in [2.45, 2.75) is 24.8 Å². The van der Waals surface area contributed by atoms with Crippen molar-refractivity contribution >= 4 is 27.7 Å². The zero-order valence-corrected chi connectivity index (χ0v) is 19.6. The summed E-state index contributed by atoms with van der Waals surface area (Å²) in [6.07, 6.45) is -0.361. The van der Waals surface area contributed by atoms with Gasteiger partial charge >= 0.3 is 11.9 Å². The number of carbonyl (C=O) groups is 3. The van der Waals surface area contributed by atoms with E-state index in [9.17, 15) is 22.8 Å². The molecular formula is C24H21NO8S. The second-order valence-corrected chi connectivity index (χ2v) is 9.59. The predicted molar refractivity (Wildman–Crippen MR) is 119 cm³/mol. The molecule has 0 N–H and O–H groups in total. The third-order valence-corrected chi connectivity index (χ3v) is 7.20. The molecule has 0 spiro atoms. The first-order valence-corrected chi connectivity index (χ1v) is 11.6. The number of aryl methyl sites for hydroxylation is 2. The molecule has 176 valence electrons. The number of hydrogen-bond acceptors (Lipinski definition) is 8. The lowest BCUT2D eigenvalue weighted by Crippen LogP contribution is -2.45. The third kappa shape index (κ3) is 3.65. The van der Waals surface area contributed by atoms with E-state index < -0.39 is 45.1 Å². The molecule has 0 radical (unpaired) electrons. The fourth-order valence-corrected chi connectivity index (χ4v) is 5.16. The van der Waals surface area contributed by atoms with Crippen LogP contribution in [-0.2, 0) is 29.1 Å². The van der Waals surface area contributed by atoms with Gasteiger partial charge in [-0.2, -0.15) is 0 Å². The number of fused-ring (bicyclic) bond motifs is 2. The van der Waals surface area contributed by atoms with Crippen molar-refractivity contribution < 1.29 is 37.0 Å². The molecule has 9 nitrogen and oxygen atoms in total. The quantitative estimate of drug-likeness (QED) is 0.609. The number of rotatable bonds is 4. The highest BCUT2D eigenvalue weighted by molar-refractivity contribution is 7.89. The Bertz CT molecular complexity index is 1390. The first-order valence-electron chi connectivity index (χ1n) is 10.2. The molecule has 0 saturated heterocycles. The van der Waals surface area contributed by atoms with Crippen molar-refractivity contribution in [3.05, 3.63) is 82.2 Å². The normalized spacial score (nSPS) is 17.3. The molecule has 34 heavy (non-hydrogen) atoms. The minimum atomic E-state index is -4.43. The first-order chi connectivity index (χ1) is 16.1. The van der Waals surface area contributed by atoms with Crippen molar-refractivity contribution in [3.8, 4) is 5.75 Å². The second kappa shape index (κ2) is 8.45. The van der Waals surface area contributed by atoms with Crippen LogP contribution in [0.1, 0.15) is 21.5 Å². The lowest BCUT2D eigenvalue weighted by molar-refractivity contribution is -0.141. The van der Waals surface area contributed by atoms with Crippen molar-refractivity contribution in [2.24, 2.45) is 0 Å². The van der Waals surface area contributed by atoms with Crippen LogP contribution >= 0.6 is 0 Å². The van der Waals surface area contributed by atoms with E-state index in [1.54, 1.807) is 44.2 Å². The number of ether oxygens (including phenoxy) is 3. The van der Waals surface area contributed by atoms with Gasteiger partial charge in [-0.05, 0) is 38.1 Å². The highest BCUT2D eigenvalue weighted by atomic mass is 32.2. The fourth-order valence-electron chi connectivity index (χ4n) is 3.79. The topological polar surface area (TPSA) is 116 Å². The van der Waals surface area contributed by atoms with Crippen LogP contribution in [0, 0.1) is 13.8 Å². The molecule has 0 amide bonds. The van der Waals surface area contributed by atoms with Crippen LogP contribution in [0.25, 0.3) is 0 Å². The molecule has 1 atom stereocenters. The Balaban J connectivity index is 2.01. The number of esters is 2. The summed E-state index contributed by atoms with van der Waals surface area (Å²) in [6.45, 7) is 3.58. The molecule has 2 aromatic carbocycles. The summed E-state index contributed by atoms with van der Waals surface area (Å²) in [5.41, 5.74) is 0.600. The van der Waals surface area contributed by atoms with Crippen LogP contribution in [0.3, 0.4) is 0 Å². The van der Waals surface area contributed by atoms with Gasteiger partial charge in [-0.15, -0.1) is 0 Å². The van der Waals surface area contributed by atoms with Gasteiger partial charge in [-0.25, -0.2) is 22.3 Å². The molecule has 0 saturated carbocycles. The van der Waals surface area contributed by atoms with E-state index in [4.69, 9.17) is 14.2 Å². The molecule has 0 fully saturated rings.